The number of ether oxygens (including phenoxy) is 1. The maximum Gasteiger partial charge on any atom is 0.232 e. The number of hydrogen-bond acceptors (Lipinski definition) is 5. The van der Waals surface area contributed by atoms with Gasteiger partial charge in [0.2, 0.25) is 11.8 Å². The van der Waals surface area contributed by atoms with Crippen LogP contribution in [0.3, 0.4) is 0 Å². The summed E-state index contributed by atoms with van der Waals surface area (Å²) in [7, 11) is 1.76. The molecule has 0 aliphatic heterocycles. The third kappa shape index (κ3) is 2.90. The minimum atomic E-state index is 0.456. The molecule has 0 aliphatic rings. The molecule has 21 heavy (non-hydrogen) atoms. The molecule has 0 saturated carbocycles. The lowest BCUT2D eigenvalue weighted by Crippen LogP contribution is -1.98. The maximum absolute atomic E-state index is 6.14. The summed E-state index contributed by atoms with van der Waals surface area (Å²) < 4.78 is 5.86. The summed E-state index contributed by atoms with van der Waals surface area (Å²) in [6, 6.07) is 7.05. The van der Waals surface area contributed by atoms with Gasteiger partial charge in [-0.25, -0.2) is 4.98 Å². The Morgan fingerprint density at radius 2 is 2.00 bits per heavy atom. The van der Waals surface area contributed by atoms with Gasteiger partial charge >= 0.3 is 0 Å². The predicted octanol–water partition coefficient (Wildman–Crippen LogP) is 5.14. The Morgan fingerprint density at radius 1 is 1.19 bits per heavy atom. The number of aryl methyl sites for hydroxylation is 1. The van der Waals surface area contributed by atoms with Crippen LogP contribution >= 0.6 is 34.5 Å². The summed E-state index contributed by atoms with van der Waals surface area (Å²) >= 11 is 13.7. The number of benzene rings is 1. The summed E-state index contributed by atoms with van der Waals surface area (Å²) in [6.45, 7) is 2.02. The molecule has 0 fully saturated rings. The van der Waals surface area contributed by atoms with Crippen LogP contribution in [0.2, 0.25) is 10.0 Å². The monoisotopic (exact) mass is 339 g/mol. The number of nitrogens with one attached hydrogen (secondary N) is 1. The van der Waals surface area contributed by atoms with Crippen LogP contribution in [0.4, 0.5) is 5.95 Å². The molecule has 7 heteroatoms. The van der Waals surface area contributed by atoms with Crippen LogP contribution < -0.4 is 10.1 Å². The summed E-state index contributed by atoms with van der Waals surface area (Å²) in [6.07, 6.45) is 0. The van der Waals surface area contributed by atoms with E-state index < -0.39 is 0 Å². The number of thiophene rings is 1. The van der Waals surface area contributed by atoms with Crippen molar-refractivity contribution in [3.05, 3.63) is 39.2 Å². The number of halogens is 2. The summed E-state index contributed by atoms with van der Waals surface area (Å²) in [4.78, 5) is 10.8. The molecule has 0 aliphatic carbocycles. The molecule has 108 valence electrons. The van der Waals surface area contributed by atoms with Crippen molar-refractivity contribution in [3.8, 4) is 11.6 Å². The van der Waals surface area contributed by atoms with Crippen molar-refractivity contribution in [2.75, 3.05) is 12.4 Å². The van der Waals surface area contributed by atoms with E-state index in [9.17, 15) is 0 Å². The average molecular weight is 340 g/mol. The van der Waals surface area contributed by atoms with Crippen LogP contribution in [0, 0.1) is 6.92 Å². The van der Waals surface area contributed by atoms with Gasteiger partial charge in [-0.05, 0) is 25.1 Å². The van der Waals surface area contributed by atoms with E-state index in [0.29, 0.717) is 27.6 Å². The summed E-state index contributed by atoms with van der Waals surface area (Å²) in [5, 5.41) is 4.81. The molecule has 1 N–H and O–H groups in total. The molecule has 0 atom stereocenters. The highest BCUT2D eigenvalue weighted by Crippen LogP contribution is 2.36. The van der Waals surface area contributed by atoms with Gasteiger partial charge in [0.15, 0.2) is 0 Å². The largest absolute Gasteiger partial charge is 0.437 e. The van der Waals surface area contributed by atoms with Gasteiger partial charge in [-0.2, -0.15) is 4.98 Å². The Morgan fingerprint density at radius 3 is 2.76 bits per heavy atom. The van der Waals surface area contributed by atoms with Gasteiger partial charge in [-0.3, -0.25) is 0 Å². The first-order chi connectivity index (χ1) is 10.1. The molecule has 3 aromatic rings. The fraction of sp³-hybridized carbons (Fsp3) is 0.143. The SMILES string of the molecule is CNc1nc(Oc2cc(Cl)ccc2Cl)c2cc(C)sc2n1. The molecule has 0 amide bonds. The number of nitrogens with zero attached hydrogens (tertiary/aromatic N) is 2. The number of rotatable bonds is 3. The van der Waals surface area contributed by atoms with Gasteiger partial charge in [0.1, 0.15) is 10.6 Å². The first kappa shape index (κ1) is 14.4. The van der Waals surface area contributed by atoms with Crippen LogP contribution in [0.15, 0.2) is 24.3 Å². The molecule has 0 radical (unpaired) electrons. The van der Waals surface area contributed by atoms with Crippen LogP contribution in [-0.4, -0.2) is 17.0 Å². The molecule has 3 rings (SSSR count). The van der Waals surface area contributed by atoms with Gasteiger partial charge in [-0.1, -0.05) is 23.2 Å². The van der Waals surface area contributed by atoms with E-state index in [1.165, 1.54) is 0 Å². The molecule has 0 bridgehead atoms. The Bertz CT molecular complexity index is 819. The van der Waals surface area contributed by atoms with Gasteiger partial charge in [-0.15, -0.1) is 11.3 Å². The average Bonchev–Trinajstić information content (AvgIpc) is 2.83. The Kier molecular flexibility index (Phi) is 3.89. The zero-order valence-corrected chi connectivity index (χ0v) is 13.6. The molecule has 2 heterocycles. The van der Waals surface area contributed by atoms with E-state index in [1.807, 2.05) is 13.0 Å². The van der Waals surface area contributed by atoms with Crippen molar-refractivity contribution in [2.24, 2.45) is 0 Å². The zero-order chi connectivity index (χ0) is 15.0. The van der Waals surface area contributed by atoms with E-state index in [1.54, 1.807) is 36.6 Å². The Labute approximate surface area is 135 Å². The van der Waals surface area contributed by atoms with E-state index >= 15 is 0 Å². The number of anilines is 1. The predicted molar refractivity (Wildman–Crippen MR) is 88.2 cm³/mol. The van der Waals surface area contributed by atoms with Crippen molar-refractivity contribution < 1.29 is 4.74 Å². The number of aromatic nitrogens is 2. The van der Waals surface area contributed by atoms with Crippen molar-refractivity contribution in [1.82, 2.24) is 9.97 Å². The fourth-order valence-electron chi connectivity index (χ4n) is 1.86. The smallest absolute Gasteiger partial charge is 0.232 e. The normalized spacial score (nSPS) is 10.9. The van der Waals surface area contributed by atoms with Gasteiger partial charge < -0.3 is 10.1 Å². The van der Waals surface area contributed by atoms with Crippen LogP contribution in [0.5, 0.6) is 11.6 Å². The molecule has 0 unspecified atom stereocenters. The summed E-state index contributed by atoms with van der Waals surface area (Å²) in [5.41, 5.74) is 0. The topological polar surface area (TPSA) is 47.0 Å². The molecule has 2 aromatic heterocycles. The first-order valence-electron chi connectivity index (χ1n) is 6.15. The Balaban J connectivity index is 2.12. The zero-order valence-electron chi connectivity index (χ0n) is 11.3. The van der Waals surface area contributed by atoms with Crippen molar-refractivity contribution >= 4 is 50.7 Å². The summed E-state index contributed by atoms with van der Waals surface area (Å²) in [5.74, 6) is 1.42. The first-order valence-corrected chi connectivity index (χ1v) is 7.73. The lowest BCUT2D eigenvalue weighted by Gasteiger charge is -2.09. The second-order valence-corrected chi connectivity index (χ2v) is 6.43. The maximum atomic E-state index is 6.14. The van der Waals surface area contributed by atoms with Crippen molar-refractivity contribution in [1.29, 1.82) is 0 Å². The quantitative estimate of drug-likeness (QED) is 0.717. The highest BCUT2D eigenvalue weighted by Gasteiger charge is 2.13. The fourth-order valence-corrected chi connectivity index (χ4v) is 3.05. The van der Waals surface area contributed by atoms with E-state index in [4.69, 9.17) is 27.9 Å². The second kappa shape index (κ2) is 5.67. The van der Waals surface area contributed by atoms with E-state index in [2.05, 4.69) is 15.3 Å². The standard InChI is InChI=1S/C14H11Cl2N3OS/c1-7-5-9-12(18-14(17-2)19-13(9)21-7)20-11-6-8(15)3-4-10(11)16/h3-6H,1-2H3,(H,17,18,19). The minimum Gasteiger partial charge on any atom is -0.437 e. The van der Waals surface area contributed by atoms with Gasteiger partial charge in [0.05, 0.1) is 10.4 Å². The molecule has 0 saturated heterocycles. The van der Waals surface area contributed by atoms with Crippen molar-refractivity contribution in [2.45, 2.75) is 6.92 Å². The molecular weight excluding hydrogens is 329 g/mol. The Hall–Kier alpha value is -1.56. The van der Waals surface area contributed by atoms with E-state index in [-0.39, 0.29) is 0 Å². The lowest BCUT2D eigenvalue weighted by molar-refractivity contribution is 0.469. The molecule has 1 aromatic carbocycles. The highest BCUT2D eigenvalue weighted by atomic mass is 35.5. The second-order valence-electron chi connectivity index (χ2n) is 4.36. The minimum absolute atomic E-state index is 0.456. The third-order valence-corrected chi connectivity index (χ3v) is 4.30. The molecule has 0 spiro atoms. The van der Waals surface area contributed by atoms with E-state index in [0.717, 1.165) is 15.1 Å². The van der Waals surface area contributed by atoms with Crippen LogP contribution in [0.25, 0.3) is 10.2 Å². The van der Waals surface area contributed by atoms with Gasteiger partial charge in [0, 0.05) is 23.0 Å². The van der Waals surface area contributed by atoms with Crippen molar-refractivity contribution in [3.63, 3.8) is 0 Å². The molecular formula is C14H11Cl2N3OS. The third-order valence-electron chi connectivity index (χ3n) is 2.80. The lowest BCUT2D eigenvalue weighted by atomic mass is 10.3. The van der Waals surface area contributed by atoms with Gasteiger partial charge in [0.25, 0.3) is 0 Å². The number of hydrogen-bond donors (Lipinski definition) is 1. The van der Waals surface area contributed by atoms with Crippen LogP contribution in [-0.2, 0) is 0 Å². The number of fused-ring (bicyclic) bond motifs is 1. The molecule has 4 nitrogen and oxygen atoms in total. The van der Waals surface area contributed by atoms with Crippen LogP contribution in [0.1, 0.15) is 4.88 Å². The highest BCUT2D eigenvalue weighted by molar-refractivity contribution is 7.18.